The van der Waals surface area contributed by atoms with E-state index < -0.39 is 0 Å². The number of aryl methyl sites for hydroxylation is 1. The lowest BCUT2D eigenvalue weighted by atomic mass is 10.0. The van der Waals surface area contributed by atoms with E-state index in [0.717, 1.165) is 28.3 Å². The van der Waals surface area contributed by atoms with Gasteiger partial charge in [0.25, 0.3) is 5.91 Å². The second kappa shape index (κ2) is 8.37. The van der Waals surface area contributed by atoms with Crippen molar-refractivity contribution in [3.63, 3.8) is 0 Å². The van der Waals surface area contributed by atoms with Crippen LogP contribution in [0.5, 0.6) is 5.75 Å². The van der Waals surface area contributed by atoms with Crippen LogP contribution in [0.4, 0.5) is 0 Å². The largest absolute Gasteiger partial charge is 0.483 e. The molecule has 23 heavy (non-hydrogen) atoms. The summed E-state index contributed by atoms with van der Waals surface area (Å²) in [5, 5.41) is 5.64. The highest BCUT2D eigenvalue weighted by atomic mass is 35.5. The van der Waals surface area contributed by atoms with Crippen molar-refractivity contribution in [3.8, 4) is 5.75 Å². The predicted octanol–water partition coefficient (Wildman–Crippen LogP) is 4.57. The summed E-state index contributed by atoms with van der Waals surface area (Å²) in [6, 6.07) is 7.90. The molecule has 124 valence electrons. The Kier molecular flexibility index (Phi) is 6.48. The molecule has 0 aliphatic carbocycles. The molecule has 0 saturated carbocycles. The molecule has 2 rings (SSSR count). The van der Waals surface area contributed by atoms with Gasteiger partial charge in [-0.1, -0.05) is 31.5 Å². The molecule has 0 aliphatic heterocycles. The van der Waals surface area contributed by atoms with E-state index in [1.165, 1.54) is 4.88 Å². The summed E-state index contributed by atoms with van der Waals surface area (Å²) in [6.07, 6.45) is 0.848. The summed E-state index contributed by atoms with van der Waals surface area (Å²) in [5.41, 5.74) is 1.97. The van der Waals surface area contributed by atoms with E-state index in [-0.39, 0.29) is 18.4 Å². The molecule has 0 saturated heterocycles. The van der Waals surface area contributed by atoms with Crippen molar-refractivity contribution in [2.24, 2.45) is 0 Å². The Bertz CT molecular complexity index is 653. The lowest BCUT2D eigenvalue weighted by Crippen LogP contribution is -2.30. The molecule has 0 atom stereocenters. The maximum Gasteiger partial charge on any atom is 0.257 e. The normalized spacial score (nSPS) is 10.8. The third-order valence-electron chi connectivity index (χ3n) is 3.55. The van der Waals surface area contributed by atoms with Gasteiger partial charge in [0.05, 0.1) is 0 Å². The van der Waals surface area contributed by atoms with E-state index in [9.17, 15) is 4.79 Å². The number of nitrogens with one attached hydrogen (secondary N) is 1. The Hall–Kier alpha value is -1.52. The third kappa shape index (κ3) is 5.26. The summed E-state index contributed by atoms with van der Waals surface area (Å²) < 4.78 is 5.72. The highest BCUT2D eigenvalue weighted by Crippen LogP contribution is 2.31. The van der Waals surface area contributed by atoms with Crippen molar-refractivity contribution in [3.05, 3.63) is 50.7 Å². The SMILES string of the molecule is Cc1cc(OCC(=O)NCCc2cccs2)c(C(C)C)cc1Cl. The number of carbonyl (C=O) groups excluding carboxylic acids is 1. The van der Waals surface area contributed by atoms with Gasteiger partial charge >= 0.3 is 0 Å². The number of carbonyl (C=O) groups is 1. The molecule has 1 amide bonds. The van der Waals surface area contributed by atoms with E-state index in [2.05, 4.69) is 25.2 Å². The van der Waals surface area contributed by atoms with Crippen molar-refractivity contribution in [2.75, 3.05) is 13.2 Å². The highest BCUT2D eigenvalue weighted by molar-refractivity contribution is 7.09. The van der Waals surface area contributed by atoms with Gasteiger partial charge in [0.2, 0.25) is 0 Å². The molecule has 0 aliphatic rings. The standard InChI is InChI=1S/C18H22ClNO2S/c1-12(2)15-10-16(19)13(3)9-17(15)22-11-18(21)20-7-6-14-5-4-8-23-14/h4-5,8-10,12H,6-7,11H2,1-3H3,(H,20,21). The van der Waals surface area contributed by atoms with Crippen LogP contribution >= 0.6 is 22.9 Å². The van der Waals surface area contributed by atoms with Crippen LogP contribution < -0.4 is 10.1 Å². The fraction of sp³-hybridized carbons (Fsp3) is 0.389. The van der Waals surface area contributed by atoms with Crippen LogP contribution in [0.15, 0.2) is 29.6 Å². The molecule has 0 unspecified atom stereocenters. The van der Waals surface area contributed by atoms with Gasteiger partial charge in [0, 0.05) is 16.4 Å². The molecule has 1 N–H and O–H groups in total. The zero-order chi connectivity index (χ0) is 16.8. The van der Waals surface area contributed by atoms with E-state index >= 15 is 0 Å². The van der Waals surface area contributed by atoms with Gasteiger partial charge in [-0.05, 0) is 54.0 Å². The van der Waals surface area contributed by atoms with Crippen LogP contribution in [0, 0.1) is 6.92 Å². The van der Waals surface area contributed by atoms with Crippen LogP contribution in [0.25, 0.3) is 0 Å². The van der Waals surface area contributed by atoms with Gasteiger partial charge in [-0.15, -0.1) is 11.3 Å². The maximum absolute atomic E-state index is 11.9. The molecule has 5 heteroatoms. The lowest BCUT2D eigenvalue weighted by molar-refractivity contribution is -0.123. The van der Waals surface area contributed by atoms with Crippen molar-refractivity contribution in [1.29, 1.82) is 0 Å². The summed E-state index contributed by atoms with van der Waals surface area (Å²) in [7, 11) is 0. The van der Waals surface area contributed by atoms with Crippen molar-refractivity contribution in [1.82, 2.24) is 5.32 Å². The molecule has 2 aromatic rings. The average molecular weight is 352 g/mol. The van der Waals surface area contributed by atoms with Gasteiger partial charge < -0.3 is 10.1 Å². The van der Waals surface area contributed by atoms with E-state index in [0.29, 0.717) is 6.54 Å². The fourth-order valence-corrected chi connectivity index (χ4v) is 3.10. The number of benzene rings is 1. The highest BCUT2D eigenvalue weighted by Gasteiger charge is 2.12. The minimum atomic E-state index is -0.108. The van der Waals surface area contributed by atoms with Gasteiger partial charge in [-0.2, -0.15) is 0 Å². The average Bonchev–Trinajstić information content (AvgIpc) is 3.01. The van der Waals surface area contributed by atoms with Crippen molar-refractivity contribution >= 4 is 28.8 Å². The monoisotopic (exact) mass is 351 g/mol. The zero-order valence-electron chi connectivity index (χ0n) is 13.7. The third-order valence-corrected chi connectivity index (χ3v) is 4.89. The van der Waals surface area contributed by atoms with Crippen LogP contribution in [0.1, 0.15) is 35.8 Å². The summed E-state index contributed by atoms with van der Waals surface area (Å²) in [6.45, 7) is 6.73. The topological polar surface area (TPSA) is 38.3 Å². The smallest absolute Gasteiger partial charge is 0.257 e. The van der Waals surface area contributed by atoms with Crippen molar-refractivity contribution in [2.45, 2.75) is 33.1 Å². The van der Waals surface area contributed by atoms with Gasteiger partial charge in [-0.3, -0.25) is 4.79 Å². The molecular formula is C18H22ClNO2S. The van der Waals surface area contributed by atoms with E-state index in [4.69, 9.17) is 16.3 Å². The minimum Gasteiger partial charge on any atom is -0.483 e. The summed E-state index contributed by atoms with van der Waals surface area (Å²) in [4.78, 5) is 13.2. The van der Waals surface area contributed by atoms with Crippen LogP contribution in [0.2, 0.25) is 5.02 Å². The Morgan fingerprint density at radius 3 is 2.83 bits per heavy atom. The lowest BCUT2D eigenvalue weighted by Gasteiger charge is -2.16. The Morgan fingerprint density at radius 2 is 2.17 bits per heavy atom. The number of rotatable bonds is 7. The fourth-order valence-electron chi connectivity index (χ4n) is 2.22. The first-order valence-electron chi connectivity index (χ1n) is 7.69. The molecule has 0 bridgehead atoms. The van der Waals surface area contributed by atoms with Crippen LogP contribution in [-0.4, -0.2) is 19.1 Å². The number of amides is 1. The molecule has 1 aromatic carbocycles. The van der Waals surface area contributed by atoms with Crippen LogP contribution in [-0.2, 0) is 11.2 Å². The number of ether oxygens (including phenoxy) is 1. The quantitative estimate of drug-likeness (QED) is 0.793. The number of hydrogen-bond donors (Lipinski definition) is 1. The Morgan fingerprint density at radius 1 is 1.39 bits per heavy atom. The zero-order valence-corrected chi connectivity index (χ0v) is 15.3. The Balaban J connectivity index is 1.87. The predicted molar refractivity (Wildman–Crippen MR) is 96.8 cm³/mol. The molecule has 3 nitrogen and oxygen atoms in total. The summed E-state index contributed by atoms with van der Waals surface area (Å²) in [5.74, 6) is 0.907. The van der Waals surface area contributed by atoms with Gasteiger partial charge in [0.15, 0.2) is 6.61 Å². The summed E-state index contributed by atoms with van der Waals surface area (Å²) >= 11 is 7.87. The first-order valence-corrected chi connectivity index (χ1v) is 8.95. The number of hydrogen-bond acceptors (Lipinski definition) is 3. The first-order chi connectivity index (χ1) is 11.0. The maximum atomic E-state index is 11.9. The van der Waals surface area contributed by atoms with E-state index in [1.54, 1.807) is 11.3 Å². The van der Waals surface area contributed by atoms with Gasteiger partial charge in [-0.25, -0.2) is 0 Å². The number of thiophene rings is 1. The number of halogens is 1. The minimum absolute atomic E-state index is 0.0191. The van der Waals surface area contributed by atoms with E-state index in [1.807, 2.05) is 30.5 Å². The molecule has 0 radical (unpaired) electrons. The molecule has 1 heterocycles. The van der Waals surface area contributed by atoms with Crippen LogP contribution in [0.3, 0.4) is 0 Å². The van der Waals surface area contributed by atoms with Crippen molar-refractivity contribution < 1.29 is 9.53 Å². The second-order valence-corrected chi connectivity index (χ2v) is 7.20. The second-order valence-electron chi connectivity index (χ2n) is 5.76. The first kappa shape index (κ1) is 17.8. The molecule has 0 fully saturated rings. The Labute approximate surface area is 146 Å². The van der Waals surface area contributed by atoms with Gasteiger partial charge in [0.1, 0.15) is 5.75 Å². The molecule has 1 aromatic heterocycles. The molecule has 0 spiro atoms. The molecular weight excluding hydrogens is 330 g/mol.